The summed E-state index contributed by atoms with van der Waals surface area (Å²) in [7, 11) is 0. The number of carbonyl (C=O) groups excluding carboxylic acids is 1. The largest absolute Gasteiger partial charge is 0.396 e. The topological polar surface area (TPSA) is 58.4 Å². The highest BCUT2D eigenvalue weighted by atomic mass is 16.3. The van der Waals surface area contributed by atoms with E-state index in [0.29, 0.717) is 18.9 Å². The van der Waals surface area contributed by atoms with Gasteiger partial charge in [-0.1, -0.05) is 13.8 Å². The van der Waals surface area contributed by atoms with Gasteiger partial charge in [0.2, 0.25) is 5.91 Å². The lowest BCUT2D eigenvalue weighted by Gasteiger charge is -2.37. The summed E-state index contributed by atoms with van der Waals surface area (Å²) >= 11 is 0. The maximum atomic E-state index is 12.7. The quantitative estimate of drug-likeness (QED) is 0.869. The van der Waals surface area contributed by atoms with Gasteiger partial charge in [0.05, 0.1) is 5.69 Å². The van der Waals surface area contributed by atoms with E-state index < -0.39 is 0 Å². The normalized spacial score (nSPS) is 21.5. The minimum atomic E-state index is 0.177. The first kappa shape index (κ1) is 19.0. The Hall–Kier alpha value is -1.36. The summed E-state index contributed by atoms with van der Waals surface area (Å²) in [6.45, 7) is 12.4. The molecule has 0 saturated carbocycles. The molecule has 0 radical (unpaired) electrons. The molecule has 1 saturated heterocycles. The first-order chi connectivity index (χ1) is 11.3. The van der Waals surface area contributed by atoms with Gasteiger partial charge in [0.1, 0.15) is 0 Å². The summed E-state index contributed by atoms with van der Waals surface area (Å²) < 4.78 is 2.07. The Morgan fingerprint density at radius 2 is 2.04 bits per heavy atom. The molecule has 1 aromatic rings. The molecule has 5 nitrogen and oxygen atoms in total. The van der Waals surface area contributed by atoms with Gasteiger partial charge in [-0.25, -0.2) is 0 Å². The van der Waals surface area contributed by atoms with Crippen molar-refractivity contribution in [1.82, 2.24) is 14.7 Å². The monoisotopic (exact) mass is 335 g/mol. The molecule has 1 aromatic heterocycles. The van der Waals surface area contributed by atoms with Gasteiger partial charge in [0.25, 0.3) is 0 Å². The lowest BCUT2D eigenvalue weighted by molar-refractivity contribution is -0.135. The molecule has 136 valence electrons. The molecule has 0 aliphatic carbocycles. The smallest absolute Gasteiger partial charge is 0.223 e. The van der Waals surface area contributed by atoms with Gasteiger partial charge >= 0.3 is 0 Å². The molecule has 1 aliphatic rings. The third-order valence-electron chi connectivity index (χ3n) is 5.22. The van der Waals surface area contributed by atoms with Crippen LogP contribution in [0, 0.1) is 25.7 Å². The second-order valence-corrected chi connectivity index (χ2v) is 7.75. The summed E-state index contributed by atoms with van der Waals surface area (Å²) in [4.78, 5) is 14.6. The fourth-order valence-corrected chi connectivity index (χ4v) is 3.67. The van der Waals surface area contributed by atoms with Gasteiger partial charge in [0, 0.05) is 37.9 Å². The standard InChI is InChI=1S/C19H33N3O2/c1-13(2)10-22-16(5)18(15(4)20-22)8-9-19(24)21-11-17(12-23)7-6-14(21)3/h13-14,17,23H,6-12H2,1-5H3. The van der Waals surface area contributed by atoms with E-state index in [1.807, 2.05) is 11.8 Å². The Labute approximate surface area is 146 Å². The predicted octanol–water partition coefficient (Wildman–Crippen LogP) is 2.71. The third-order valence-corrected chi connectivity index (χ3v) is 5.22. The zero-order valence-electron chi connectivity index (χ0n) is 15.9. The predicted molar refractivity (Wildman–Crippen MR) is 95.8 cm³/mol. The van der Waals surface area contributed by atoms with E-state index in [9.17, 15) is 9.90 Å². The number of aryl methyl sites for hydroxylation is 1. The number of aliphatic hydroxyl groups excluding tert-OH is 1. The first-order valence-corrected chi connectivity index (χ1v) is 9.26. The van der Waals surface area contributed by atoms with E-state index in [4.69, 9.17) is 0 Å². The average molecular weight is 335 g/mol. The number of amides is 1. The molecule has 1 fully saturated rings. The van der Waals surface area contributed by atoms with Crippen LogP contribution in [0.3, 0.4) is 0 Å². The molecule has 2 rings (SSSR count). The summed E-state index contributed by atoms with van der Waals surface area (Å²) in [5.74, 6) is 1.00. The second-order valence-electron chi connectivity index (χ2n) is 7.75. The maximum Gasteiger partial charge on any atom is 0.223 e. The molecule has 2 atom stereocenters. The molecular formula is C19H33N3O2. The van der Waals surface area contributed by atoms with Gasteiger partial charge in [-0.2, -0.15) is 5.10 Å². The zero-order valence-corrected chi connectivity index (χ0v) is 15.9. The fourth-order valence-electron chi connectivity index (χ4n) is 3.67. The van der Waals surface area contributed by atoms with Crippen LogP contribution in [0.15, 0.2) is 0 Å². The molecule has 0 spiro atoms. The Balaban J connectivity index is 2.00. The lowest BCUT2D eigenvalue weighted by Crippen LogP contribution is -2.46. The van der Waals surface area contributed by atoms with Crippen LogP contribution in [0.5, 0.6) is 0 Å². The Morgan fingerprint density at radius 1 is 1.33 bits per heavy atom. The summed E-state index contributed by atoms with van der Waals surface area (Å²) in [6.07, 6.45) is 3.28. The maximum absolute atomic E-state index is 12.7. The van der Waals surface area contributed by atoms with Crippen LogP contribution in [0.4, 0.5) is 0 Å². The fraction of sp³-hybridized carbons (Fsp3) is 0.789. The number of nitrogens with zero attached hydrogens (tertiary/aromatic N) is 3. The number of likely N-dealkylation sites (tertiary alicyclic amines) is 1. The molecule has 1 amide bonds. The number of hydrogen-bond acceptors (Lipinski definition) is 3. The summed E-state index contributed by atoms with van der Waals surface area (Å²) in [6, 6.07) is 0.283. The van der Waals surface area contributed by atoms with Crippen molar-refractivity contribution in [3.63, 3.8) is 0 Å². The van der Waals surface area contributed by atoms with Crippen molar-refractivity contribution >= 4 is 5.91 Å². The van der Waals surface area contributed by atoms with Crippen molar-refractivity contribution in [3.05, 3.63) is 17.0 Å². The minimum absolute atomic E-state index is 0.177. The van der Waals surface area contributed by atoms with Crippen molar-refractivity contribution in [3.8, 4) is 0 Å². The average Bonchev–Trinajstić information content (AvgIpc) is 2.79. The molecule has 2 unspecified atom stereocenters. The van der Waals surface area contributed by atoms with Crippen LogP contribution in [-0.2, 0) is 17.8 Å². The van der Waals surface area contributed by atoms with E-state index in [1.54, 1.807) is 0 Å². The van der Waals surface area contributed by atoms with E-state index >= 15 is 0 Å². The molecule has 0 bridgehead atoms. The van der Waals surface area contributed by atoms with Crippen LogP contribution in [0.1, 0.15) is 57.0 Å². The number of aliphatic hydroxyl groups is 1. The van der Waals surface area contributed by atoms with Crippen molar-refractivity contribution in [1.29, 1.82) is 0 Å². The number of carbonyl (C=O) groups is 1. The highest BCUT2D eigenvalue weighted by Gasteiger charge is 2.28. The Morgan fingerprint density at radius 3 is 2.67 bits per heavy atom. The first-order valence-electron chi connectivity index (χ1n) is 9.26. The highest BCUT2D eigenvalue weighted by molar-refractivity contribution is 5.77. The third kappa shape index (κ3) is 4.38. The summed E-state index contributed by atoms with van der Waals surface area (Å²) in [5, 5.41) is 14.0. The summed E-state index contributed by atoms with van der Waals surface area (Å²) in [5.41, 5.74) is 3.45. The minimum Gasteiger partial charge on any atom is -0.396 e. The van der Waals surface area contributed by atoms with Gasteiger partial charge in [-0.3, -0.25) is 9.48 Å². The molecule has 1 aliphatic heterocycles. The zero-order chi connectivity index (χ0) is 17.9. The van der Waals surface area contributed by atoms with Crippen LogP contribution in [0.25, 0.3) is 0 Å². The Kier molecular flexibility index (Phi) is 6.44. The molecule has 5 heteroatoms. The number of rotatable bonds is 6. The lowest BCUT2D eigenvalue weighted by atomic mass is 9.93. The van der Waals surface area contributed by atoms with E-state index in [-0.39, 0.29) is 24.5 Å². The number of piperidine rings is 1. The van der Waals surface area contributed by atoms with Crippen LogP contribution in [0.2, 0.25) is 0 Å². The SMILES string of the molecule is Cc1nn(CC(C)C)c(C)c1CCC(=O)N1CC(CO)CCC1C. The molecule has 2 heterocycles. The second kappa shape index (κ2) is 8.15. The van der Waals surface area contributed by atoms with Gasteiger partial charge < -0.3 is 10.0 Å². The van der Waals surface area contributed by atoms with Crippen molar-refractivity contribution in [2.75, 3.05) is 13.2 Å². The van der Waals surface area contributed by atoms with E-state index in [1.165, 1.54) is 11.3 Å². The van der Waals surface area contributed by atoms with Gasteiger partial charge in [0.15, 0.2) is 0 Å². The van der Waals surface area contributed by atoms with E-state index in [2.05, 4.69) is 37.5 Å². The molecule has 1 N–H and O–H groups in total. The van der Waals surface area contributed by atoms with Crippen molar-refractivity contribution in [2.45, 2.75) is 72.9 Å². The van der Waals surface area contributed by atoms with E-state index in [0.717, 1.165) is 31.5 Å². The molecular weight excluding hydrogens is 302 g/mol. The van der Waals surface area contributed by atoms with Crippen LogP contribution < -0.4 is 0 Å². The molecule has 24 heavy (non-hydrogen) atoms. The number of aromatic nitrogens is 2. The van der Waals surface area contributed by atoms with Crippen LogP contribution >= 0.6 is 0 Å². The van der Waals surface area contributed by atoms with Gasteiger partial charge in [-0.05, 0) is 57.4 Å². The van der Waals surface area contributed by atoms with Gasteiger partial charge in [-0.15, -0.1) is 0 Å². The number of hydrogen-bond donors (Lipinski definition) is 1. The van der Waals surface area contributed by atoms with Crippen molar-refractivity contribution in [2.24, 2.45) is 11.8 Å². The van der Waals surface area contributed by atoms with Crippen molar-refractivity contribution < 1.29 is 9.90 Å². The highest BCUT2D eigenvalue weighted by Crippen LogP contribution is 2.23. The van der Waals surface area contributed by atoms with Crippen LogP contribution in [-0.4, -0.2) is 44.9 Å². The molecule has 0 aromatic carbocycles. The Bertz CT molecular complexity index is 565.